The molecule has 0 bridgehead atoms. The van der Waals surface area contributed by atoms with Crippen LogP contribution in [0.3, 0.4) is 0 Å². The summed E-state index contributed by atoms with van der Waals surface area (Å²) in [5.74, 6) is -0.151. The zero-order valence-corrected chi connectivity index (χ0v) is 13.7. The number of nitrogens with zero attached hydrogens (tertiary/aromatic N) is 2. The van der Waals surface area contributed by atoms with Crippen LogP contribution >= 0.6 is 0 Å². The summed E-state index contributed by atoms with van der Waals surface area (Å²) in [6.07, 6.45) is 1.77. The Bertz CT molecular complexity index is 750. The van der Waals surface area contributed by atoms with Gasteiger partial charge in [0.15, 0.2) is 0 Å². The summed E-state index contributed by atoms with van der Waals surface area (Å²) < 4.78 is 5.67. The van der Waals surface area contributed by atoms with Crippen LogP contribution in [0.25, 0.3) is 11.5 Å². The van der Waals surface area contributed by atoms with Crippen LogP contribution in [0.1, 0.15) is 31.2 Å². The molecule has 1 amide bonds. The van der Waals surface area contributed by atoms with E-state index in [-0.39, 0.29) is 18.4 Å². The summed E-state index contributed by atoms with van der Waals surface area (Å²) in [6.45, 7) is 3.31. The molecule has 1 aromatic heterocycles. The number of hydrogen-bond acceptors (Lipinski definition) is 4. The lowest BCUT2D eigenvalue weighted by Gasteiger charge is -2.26. The Kier molecular flexibility index (Phi) is 4.38. The van der Waals surface area contributed by atoms with Crippen molar-refractivity contribution in [1.29, 1.82) is 0 Å². The van der Waals surface area contributed by atoms with E-state index in [4.69, 9.17) is 4.42 Å². The second-order valence-corrected chi connectivity index (χ2v) is 6.11. The van der Waals surface area contributed by atoms with E-state index in [1.54, 1.807) is 13.8 Å². The van der Waals surface area contributed by atoms with Crippen molar-refractivity contribution in [2.45, 2.75) is 45.2 Å². The Morgan fingerprint density at radius 1 is 1.33 bits per heavy atom. The number of aryl methyl sites for hydroxylation is 1. The molecule has 1 fully saturated rings. The van der Waals surface area contributed by atoms with Crippen molar-refractivity contribution in [2.24, 2.45) is 0 Å². The van der Waals surface area contributed by atoms with E-state index in [1.807, 2.05) is 30.3 Å². The molecule has 6 nitrogen and oxygen atoms in total. The fourth-order valence-electron chi connectivity index (χ4n) is 2.74. The van der Waals surface area contributed by atoms with Crippen LogP contribution in [-0.4, -0.2) is 39.0 Å². The van der Waals surface area contributed by atoms with E-state index in [0.29, 0.717) is 17.3 Å². The van der Waals surface area contributed by atoms with Gasteiger partial charge in [-0.25, -0.2) is 9.78 Å². The molecule has 1 heterocycles. The number of hydrogen-bond donors (Lipinski definition) is 1. The fourth-order valence-corrected chi connectivity index (χ4v) is 2.74. The fraction of sp³-hybridized carbons (Fsp3) is 0.389. The number of carbonyl (C=O) groups is 2. The molecule has 3 rings (SSSR count). The molecule has 2 aromatic rings. The van der Waals surface area contributed by atoms with Crippen LogP contribution < -0.4 is 0 Å². The first-order chi connectivity index (χ1) is 11.5. The zero-order valence-electron chi connectivity index (χ0n) is 13.7. The van der Waals surface area contributed by atoms with Crippen molar-refractivity contribution in [3.8, 4) is 11.5 Å². The van der Waals surface area contributed by atoms with Crippen molar-refractivity contribution in [3.63, 3.8) is 0 Å². The van der Waals surface area contributed by atoms with Crippen molar-refractivity contribution in [1.82, 2.24) is 9.88 Å². The highest BCUT2D eigenvalue weighted by Crippen LogP contribution is 2.30. The number of oxazole rings is 1. The molecule has 1 aliphatic carbocycles. The minimum atomic E-state index is -0.989. The quantitative estimate of drug-likeness (QED) is 0.881. The van der Waals surface area contributed by atoms with Crippen molar-refractivity contribution < 1.29 is 19.1 Å². The van der Waals surface area contributed by atoms with Crippen molar-refractivity contribution in [3.05, 3.63) is 41.8 Å². The largest absolute Gasteiger partial charge is 0.480 e. The number of carboxylic acid groups (broad SMARTS) is 1. The maximum atomic E-state index is 12.6. The van der Waals surface area contributed by atoms with Gasteiger partial charge in [-0.1, -0.05) is 18.2 Å². The number of carboxylic acids is 1. The molecular formula is C18H20N2O4. The highest BCUT2D eigenvalue weighted by Gasteiger charge is 2.38. The number of aliphatic carboxylic acids is 1. The van der Waals surface area contributed by atoms with E-state index in [2.05, 4.69) is 4.98 Å². The van der Waals surface area contributed by atoms with Crippen LogP contribution in [-0.2, 0) is 16.0 Å². The molecule has 1 N–H and O–H groups in total. The normalized spacial score (nSPS) is 15.1. The molecule has 6 heteroatoms. The van der Waals surface area contributed by atoms with E-state index >= 15 is 0 Å². The first-order valence-corrected chi connectivity index (χ1v) is 8.03. The van der Waals surface area contributed by atoms with Gasteiger partial charge in [0.1, 0.15) is 11.8 Å². The summed E-state index contributed by atoms with van der Waals surface area (Å²) in [5.41, 5.74) is 1.40. The molecule has 0 aliphatic heterocycles. The molecule has 0 radical (unpaired) electrons. The summed E-state index contributed by atoms with van der Waals surface area (Å²) >= 11 is 0. The minimum absolute atomic E-state index is 0.0319. The lowest BCUT2D eigenvalue weighted by atomic mass is 10.2. The Labute approximate surface area is 140 Å². The Hall–Kier alpha value is -2.63. The Morgan fingerprint density at radius 3 is 2.58 bits per heavy atom. The van der Waals surface area contributed by atoms with Gasteiger partial charge in [0.25, 0.3) is 0 Å². The third-order valence-corrected chi connectivity index (χ3v) is 4.23. The Balaban J connectivity index is 1.79. The standard InChI is InChI=1S/C18H20N2O4/c1-11(18(22)23)20(14-8-9-14)16(21)10-15-12(2)24-17(19-15)13-6-4-3-5-7-13/h3-7,11,14H,8-10H2,1-2H3,(H,22,23). The summed E-state index contributed by atoms with van der Waals surface area (Å²) in [6, 6.07) is 8.67. The zero-order chi connectivity index (χ0) is 17.3. The van der Waals surface area contributed by atoms with Crippen molar-refractivity contribution in [2.75, 3.05) is 0 Å². The van der Waals surface area contributed by atoms with Gasteiger partial charge in [-0.2, -0.15) is 0 Å². The van der Waals surface area contributed by atoms with Gasteiger partial charge in [0.2, 0.25) is 11.8 Å². The van der Waals surface area contributed by atoms with Gasteiger partial charge in [-0.15, -0.1) is 0 Å². The predicted octanol–water partition coefficient (Wildman–Crippen LogP) is 2.66. The summed E-state index contributed by atoms with van der Waals surface area (Å²) in [5, 5.41) is 9.22. The number of amides is 1. The topological polar surface area (TPSA) is 83.6 Å². The molecule has 1 unspecified atom stereocenters. The lowest BCUT2D eigenvalue weighted by Crippen LogP contribution is -2.45. The van der Waals surface area contributed by atoms with Crippen molar-refractivity contribution >= 4 is 11.9 Å². The molecule has 1 aromatic carbocycles. The van der Waals surface area contributed by atoms with Crippen LogP contribution in [0.2, 0.25) is 0 Å². The van der Waals surface area contributed by atoms with Gasteiger partial charge in [0, 0.05) is 11.6 Å². The Morgan fingerprint density at radius 2 is 2.00 bits per heavy atom. The molecule has 126 valence electrons. The number of carbonyl (C=O) groups excluding carboxylic acids is 1. The van der Waals surface area contributed by atoms with Crippen LogP contribution in [0.4, 0.5) is 0 Å². The lowest BCUT2D eigenvalue weighted by molar-refractivity contribution is -0.149. The predicted molar refractivity (Wildman–Crippen MR) is 87.3 cm³/mol. The van der Waals surface area contributed by atoms with Crippen LogP contribution in [0.15, 0.2) is 34.7 Å². The van der Waals surface area contributed by atoms with Gasteiger partial charge in [-0.3, -0.25) is 4.79 Å². The SMILES string of the molecule is Cc1oc(-c2ccccc2)nc1CC(=O)N(C1CC1)C(C)C(=O)O. The number of rotatable bonds is 6. The molecule has 0 saturated heterocycles. The van der Waals surface area contributed by atoms with Gasteiger partial charge >= 0.3 is 5.97 Å². The maximum Gasteiger partial charge on any atom is 0.326 e. The maximum absolute atomic E-state index is 12.6. The van der Waals surface area contributed by atoms with Gasteiger partial charge in [0.05, 0.1) is 12.1 Å². The molecule has 0 spiro atoms. The third kappa shape index (κ3) is 3.32. The highest BCUT2D eigenvalue weighted by atomic mass is 16.4. The van der Waals surface area contributed by atoms with Crippen LogP contribution in [0.5, 0.6) is 0 Å². The third-order valence-electron chi connectivity index (χ3n) is 4.23. The van der Waals surface area contributed by atoms with Gasteiger partial charge < -0.3 is 14.4 Å². The van der Waals surface area contributed by atoms with E-state index in [9.17, 15) is 14.7 Å². The molecule has 1 aliphatic rings. The number of aromatic nitrogens is 1. The number of benzene rings is 1. The molecule has 24 heavy (non-hydrogen) atoms. The average molecular weight is 328 g/mol. The monoisotopic (exact) mass is 328 g/mol. The van der Waals surface area contributed by atoms with Gasteiger partial charge in [-0.05, 0) is 38.8 Å². The van der Waals surface area contributed by atoms with E-state index in [1.165, 1.54) is 4.90 Å². The second kappa shape index (κ2) is 6.47. The summed E-state index contributed by atoms with van der Waals surface area (Å²) in [4.78, 5) is 29.8. The summed E-state index contributed by atoms with van der Waals surface area (Å²) in [7, 11) is 0. The van der Waals surface area contributed by atoms with Crippen LogP contribution in [0, 0.1) is 6.92 Å². The van der Waals surface area contributed by atoms with E-state index < -0.39 is 12.0 Å². The molecule has 1 saturated carbocycles. The minimum Gasteiger partial charge on any atom is -0.480 e. The average Bonchev–Trinajstić information content (AvgIpc) is 3.32. The molecular weight excluding hydrogens is 308 g/mol. The highest BCUT2D eigenvalue weighted by molar-refractivity contribution is 5.85. The smallest absolute Gasteiger partial charge is 0.326 e. The van der Waals surface area contributed by atoms with E-state index in [0.717, 1.165) is 18.4 Å². The first kappa shape index (κ1) is 16.2. The second-order valence-electron chi connectivity index (χ2n) is 6.11. The molecule has 1 atom stereocenters. The first-order valence-electron chi connectivity index (χ1n) is 8.03.